The average Bonchev–Trinajstić information content (AvgIpc) is 2.87. The summed E-state index contributed by atoms with van der Waals surface area (Å²) in [5, 5.41) is 10.9. The van der Waals surface area contributed by atoms with Crippen molar-refractivity contribution in [3.63, 3.8) is 0 Å². The van der Waals surface area contributed by atoms with Gasteiger partial charge in [0.25, 0.3) is 0 Å². The average molecular weight is 308 g/mol. The molecule has 1 atom stereocenters. The summed E-state index contributed by atoms with van der Waals surface area (Å²) >= 11 is 1.31. The minimum atomic E-state index is -0.957. The first-order valence-corrected chi connectivity index (χ1v) is 7.16. The monoisotopic (exact) mass is 308 g/mol. The van der Waals surface area contributed by atoms with Crippen LogP contribution < -0.4 is 0 Å². The fraction of sp³-hybridized carbons (Fsp3) is 0.125. The number of aliphatic hydroxyl groups excluding tert-OH is 1. The summed E-state index contributed by atoms with van der Waals surface area (Å²) in [6.07, 6.45) is -0.986. The third-order valence-electron chi connectivity index (χ3n) is 3.27. The Bertz CT molecular complexity index is 797. The molecule has 0 radical (unpaired) electrons. The Labute approximate surface area is 123 Å². The topological polar surface area (TPSA) is 20.2 Å². The highest BCUT2D eigenvalue weighted by Crippen LogP contribution is 2.32. The van der Waals surface area contributed by atoms with Crippen LogP contribution in [0, 0.1) is 17.5 Å². The molecular weight excluding hydrogens is 297 g/mol. The summed E-state index contributed by atoms with van der Waals surface area (Å²) < 4.78 is 40.7. The maximum absolute atomic E-state index is 13.6. The standard InChI is InChI=1S/C16H11F3OS/c17-11-4-5-14-10(6-11)8-15(21-14)13(20)7-9-2-1-3-12(18)16(9)19/h1-6,8,13,20H,7H2. The van der Waals surface area contributed by atoms with Crippen molar-refractivity contribution in [3.8, 4) is 0 Å². The van der Waals surface area contributed by atoms with E-state index in [1.165, 1.54) is 35.6 Å². The van der Waals surface area contributed by atoms with Crippen molar-refractivity contribution in [2.24, 2.45) is 0 Å². The van der Waals surface area contributed by atoms with E-state index >= 15 is 0 Å². The third-order valence-corrected chi connectivity index (χ3v) is 4.49. The minimum Gasteiger partial charge on any atom is -0.387 e. The van der Waals surface area contributed by atoms with Gasteiger partial charge in [-0.1, -0.05) is 12.1 Å². The molecule has 0 bridgehead atoms. The van der Waals surface area contributed by atoms with Crippen molar-refractivity contribution in [3.05, 3.63) is 70.4 Å². The maximum atomic E-state index is 13.6. The number of hydrogen-bond acceptors (Lipinski definition) is 2. The Morgan fingerprint density at radius 3 is 2.67 bits per heavy atom. The predicted molar refractivity (Wildman–Crippen MR) is 76.8 cm³/mol. The molecule has 1 unspecified atom stereocenters. The van der Waals surface area contributed by atoms with Gasteiger partial charge >= 0.3 is 0 Å². The molecule has 0 aliphatic carbocycles. The Morgan fingerprint density at radius 1 is 1.05 bits per heavy atom. The largest absolute Gasteiger partial charge is 0.387 e. The second-order valence-electron chi connectivity index (χ2n) is 4.76. The highest BCUT2D eigenvalue weighted by Gasteiger charge is 2.16. The van der Waals surface area contributed by atoms with Crippen LogP contribution in [0.25, 0.3) is 10.1 Å². The molecule has 0 saturated heterocycles. The highest BCUT2D eigenvalue weighted by atomic mass is 32.1. The smallest absolute Gasteiger partial charge is 0.162 e. The predicted octanol–water partition coefficient (Wildman–Crippen LogP) is 4.59. The van der Waals surface area contributed by atoms with Crippen molar-refractivity contribution in [2.45, 2.75) is 12.5 Å². The molecule has 1 aromatic heterocycles. The van der Waals surface area contributed by atoms with Crippen molar-refractivity contribution >= 4 is 21.4 Å². The van der Waals surface area contributed by atoms with E-state index in [2.05, 4.69) is 0 Å². The van der Waals surface area contributed by atoms with Gasteiger partial charge in [-0.15, -0.1) is 11.3 Å². The summed E-state index contributed by atoms with van der Waals surface area (Å²) in [5.41, 5.74) is 0.117. The van der Waals surface area contributed by atoms with Gasteiger partial charge in [-0.3, -0.25) is 0 Å². The second-order valence-corrected chi connectivity index (χ2v) is 5.88. The fourth-order valence-electron chi connectivity index (χ4n) is 2.21. The van der Waals surface area contributed by atoms with Crippen LogP contribution in [-0.2, 0) is 6.42 Å². The Morgan fingerprint density at radius 2 is 1.86 bits per heavy atom. The molecule has 1 N–H and O–H groups in total. The Balaban J connectivity index is 1.89. The van der Waals surface area contributed by atoms with E-state index in [-0.39, 0.29) is 17.8 Å². The molecule has 0 fully saturated rings. The SMILES string of the molecule is OC(Cc1cccc(F)c1F)c1cc2cc(F)ccc2s1. The number of hydrogen-bond donors (Lipinski definition) is 1. The number of halogens is 3. The Kier molecular flexibility index (Phi) is 3.69. The molecule has 3 rings (SSSR count). The lowest BCUT2D eigenvalue weighted by atomic mass is 10.1. The summed E-state index contributed by atoms with van der Waals surface area (Å²) in [6, 6.07) is 9.91. The van der Waals surface area contributed by atoms with Crippen LogP contribution >= 0.6 is 11.3 Å². The quantitative estimate of drug-likeness (QED) is 0.750. The second kappa shape index (κ2) is 5.50. The summed E-state index contributed by atoms with van der Waals surface area (Å²) in [4.78, 5) is 0.597. The number of benzene rings is 2. The van der Waals surface area contributed by atoms with Gasteiger partial charge in [0.15, 0.2) is 11.6 Å². The van der Waals surface area contributed by atoms with E-state index in [4.69, 9.17) is 0 Å². The minimum absolute atomic E-state index is 0.0289. The molecule has 3 aromatic rings. The van der Waals surface area contributed by atoms with Crippen LogP contribution in [0.3, 0.4) is 0 Å². The molecule has 1 nitrogen and oxygen atoms in total. The molecule has 1 heterocycles. The van der Waals surface area contributed by atoms with Crippen LogP contribution in [0.4, 0.5) is 13.2 Å². The van der Waals surface area contributed by atoms with Gasteiger partial charge < -0.3 is 5.11 Å². The maximum Gasteiger partial charge on any atom is 0.162 e. The zero-order valence-electron chi connectivity index (χ0n) is 10.8. The fourth-order valence-corrected chi connectivity index (χ4v) is 3.24. The zero-order valence-corrected chi connectivity index (χ0v) is 11.6. The molecule has 0 saturated carbocycles. The molecule has 0 aliphatic heterocycles. The number of aliphatic hydroxyl groups is 1. The van der Waals surface area contributed by atoms with Crippen molar-refractivity contribution < 1.29 is 18.3 Å². The van der Waals surface area contributed by atoms with E-state index in [9.17, 15) is 18.3 Å². The normalized spacial score (nSPS) is 12.8. The van der Waals surface area contributed by atoms with Gasteiger partial charge in [-0.05, 0) is 41.3 Å². The molecule has 5 heteroatoms. The van der Waals surface area contributed by atoms with Crippen LogP contribution in [0.15, 0.2) is 42.5 Å². The van der Waals surface area contributed by atoms with Crippen LogP contribution in [0.1, 0.15) is 16.5 Å². The molecular formula is C16H11F3OS. The molecule has 108 valence electrons. The van der Waals surface area contributed by atoms with Crippen LogP contribution in [0.2, 0.25) is 0 Å². The summed E-state index contributed by atoms with van der Waals surface area (Å²) in [5.74, 6) is -2.22. The zero-order chi connectivity index (χ0) is 15.0. The van der Waals surface area contributed by atoms with Gasteiger partial charge in [0, 0.05) is 16.0 Å². The van der Waals surface area contributed by atoms with E-state index < -0.39 is 17.7 Å². The van der Waals surface area contributed by atoms with Gasteiger partial charge in [-0.25, -0.2) is 13.2 Å². The molecule has 21 heavy (non-hydrogen) atoms. The van der Waals surface area contributed by atoms with E-state index in [0.717, 1.165) is 10.8 Å². The third kappa shape index (κ3) is 2.80. The number of fused-ring (bicyclic) bond motifs is 1. The number of rotatable bonds is 3. The Hall–Kier alpha value is -1.85. The van der Waals surface area contributed by atoms with E-state index in [1.54, 1.807) is 12.1 Å². The van der Waals surface area contributed by atoms with E-state index in [0.29, 0.717) is 10.3 Å². The van der Waals surface area contributed by atoms with Gasteiger partial charge in [0.1, 0.15) is 5.82 Å². The molecule has 0 amide bonds. The summed E-state index contributed by atoms with van der Waals surface area (Å²) in [7, 11) is 0. The lowest BCUT2D eigenvalue weighted by molar-refractivity contribution is 0.180. The van der Waals surface area contributed by atoms with Gasteiger partial charge in [0.05, 0.1) is 6.10 Å². The van der Waals surface area contributed by atoms with Crippen LogP contribution in [-0.4, -0.2) is 5.11 Å². The summed E-state index contributed by atoms with van der Waals surface area (Å²) in [6.45, 7) is 0. The van der Waals surface area contributed by atoms with Crippen molar-refractivity contribution in [1.82, 2.24) is 0 Å². The molecule has 0 aliphatic rings. The van der Waals surface area contributed by atoms with Gasteiger partial charge in [-0.2, -0.15) is 0 Å². The first-order chi connectivity index (χ1) is 10.0. The number of thiophene rings is 1. The lowest BCUT2D eigenvalue weighted by Gasteiger charge is -2.09. The molecule has 2 aromatic carbocycles. The first-order valence-electron chi connectivity index (χ1n) is 6.34. The van der Waals surface area contributed by atoms with E-state index in [1.807, 2.05) is 0 Å². The lowest BCUT2D eigenvalue weighted by Crippen LogP contribution is -2.03. The van der Waals surface area contributed by atoms with Crippen LogP contribution in [0.5, 0.6) is 0 Å². The van der Waals surface area contributed by atoms with Crippen molar-refractivity contribution in [2.75, 3.05) is 0 Å². The first kappa shape index (κ1) is 14.1. The molecule has 0 spiro atoms. The van der Waals surface area contributed by atoms with Gasteiger partial charge in [0.2, 0.25) is 0 Å². The highest BCUT2D eigenvalue weighted by molar-refractivity contribution is 7.19. The van der Waals surface area contributed by atoms with Crippen molar-refractivity contribution in [1.29, 1.82) is 0 Å².